The van der Waals surface area contributed by atoms with Crippen molar-refractivity contribution in [1.82, 2.24) is 4.90 Å². The molecule has 0 aromatic heterocycles. The van der Waals surface area contributed by atoms with Crippen LogP contribution in [0.3, 0.4) is 0 Å². The van der Waals surface area contributed by atoms with Crippen molar-refractivity contribution >= 4 is 44.9 Å². The molecule has 4 rings (SSSR count). The summed E-state index contributed by atoms with van der Waals surface area (Å²) in [7, 11) is -3.69. The summed E-state index contributed by atoms with van der Waals surface area (Å²) in [5.74, 6) is -2.42. The second-order valence-corrected chi connectivity index (χ2v) is 15.2. The Hall–Kier alpha value is -2.20. The van der Waals surface area contributed by atoms with Crippen LogP contribution in [-0.4, -0.2) is 47.3 Å². The van der Waals surface area contributed by atoms with E-state index >= 15 is 0 Å². The summed E-state index contributed by atoms with van der Waals surface area (Å²) in [4.78, 5) is 27.9. The topological polar surface area (TPSA) is 107 Å². The van der Waals surface area contributed by atoms with Crippen LogP contribution in [0.25, 0.3) is 0 Å². The Bertz CT molecular complexity index is 1390. The second kappa shape index (κ2) is 10.7. The Morgan fingerprint density at radius 3 is 2.38 bits per heavy atom. The molecule has 1 unspecified atom stereocenters. The number of hydrogen-bond donors (Lipinski definition) is 1. The van der Waals surface area contributed by atoms with Gasteiger partial charge in [-0.15, -0.1) is 0 Å². The second-order valence-electron chi connectivity index (χ2n) is 11.6. The van der Waals surface area contributed by atoms with Crippen LogP contribution < -0.4 is 5.73 Å². The number of nitrogens with zero attached hydrogens (tertiary/aromatic N) is 1. The van der Waals surface area contributed by atoms with Crippen LogP contribution in [0.5, 0.6) is 0 Å². The van der Waals surface area contributed by atoms with Crippen molar-refractivity contribution in [2.45, 2.75) is 75.5 Å². The van der Waals surface area contributed by atoms with Gasteiger partial charge in [-0.25, -0.2) is 12.8 Å². The fourth-order valence-corrected chi connectivity index (χ4v) is 6.81. The van der Waals surface area contributed by atoms with Gasteiger partial charge in [0.05, 0.1) is 28.0 Å². The van der Waals surface area contributed by atoms with Gasteiger partial charge in [0.15, 0.2) is 15.4 Å². The number of nitrogens with two attached hydrogens (primary N) is 1. The van der Waals surface area contributed by atoms with Gasteiger partial charge in [0.2, 0.25) is 5.91 Å². The van der Waals surface area contributed by atoms with E-state index in [0.29, 0.717) is 16.1 Å². The summed E-state index contributed by atoms with van der Waals surface area (Å²) in [6, 6.07) is 9.35. The molecule has 2 N–H and O–H groups in total. The molecular formula is C28H33Cl2FN2O5S. The lowest BCUT2D eigenvalue weighted by molar-refractivity contribution is -0.204. The summed E-state index contributed by atoms with van der Waals surface area (Å²) in [5.41, 5.74) is 4.79. The third-order valence-corrected chi connectivity index (χ3v) is 10.7. The number of rotatable bonds is 8. The maximum atomic E-state index is 14.8. The first-order chi connectivity index (χ1) is 18.0. The van der Waals surface area contributed by atoms with E-state index in [1.54, 1.807) is 51.1 Å². The molecular weight excluding hydrogens is 566 g/mol. The highest BCUT2D eigenvalue weighted by Gasteiger charge is 2.56. The molecule has 1 saturated carbocycles. The largest absolute Gasteiger partial charge is 0.370 e. The van der Waals surface area contributed by atoms with Gasteiger partial charge in [0, 0.05) is 11.1 Å². The van der Waals surface area contributed by atoms with E-state index < -0.39 is 62.4 Å². The average Bonchev–Trinajstić information content (AvgIpc) is 3.65. The highest BCUT2D eigenvalue weighted by molar-refractivity contribution is 7.92. The van der Waals surface area contributed by atoms with E-state index in [9.17, 15) is 22.4 Å². The lowest BCUT2D eigenvalue weighted by atomic mass is 9.85. The SMILES string of the molecule is CC(C)(C)S(=O)(=O)C[C@H](C1CC1)N1C(=O)[C@](C)(CC(N)=O)O[C@H](c2cccc(Cl)c2)C1c1ccc(Cl)c(F)c1. The van der Waals surface area contributed by atoms with Gasteiger partial charge in [-0.3, -0.25) is 9.59 Å². The maximum Gasteiger partial charge on any atom is 0.256 e. The quantitative estimate of drug-likeness (QED) is 0.438. The van der Waals surface area contributed by atoms with Crippen LogP contribution in [0.2, 0.25) is 10.0 Å². The fraction of sp³-hybridized carbons (Fsp3) is 0.500. The van der Waals surface area contributed by atoms with Gasteiger partial charge in [-0.2, -0.15) is 0 Å². The van der Waals surface area contributed by atoms with Crippen LogP contribution in [0.1, 0.15) is 70.2 Å². The number of benzene rings is 2. The van der Waals surface area contributed by atoms with Gasteiger partial charge in [-0.05, 0) is 81.8 Å². The number of hydrogen-bond acceptors (Lipinski definition) is 5. The van der Waals surface area contributed by atoms with Crippen LogP contribution in [0, 0.1) is 11.7 Å². The molecule has 1 heterocycles. The van der Waals surface area contributed by atoms with E-state index in [4.69, 9.17) is 33.7 Å². The average molecular weight is 600 g/mol. The van der Waals surface area contributed by atoms with Crippen LogP contribution in [0.15, 0.2) is 42.5 Å². The highest BCUT2D eigenvalue weighted by Crippen LogP contribution is 2.51. The zero-order valence-electron chi connectivity index (χ0n) is 22.3. The standard InChI is InChI=1S/C28H33Cl2FN2O5S/c1-27(2,3)39(36,37)15-22(16-8-9-16)33-24(17-10-11-20(30)21(31)13-17)25(18-6-5-7-19(29)12-18)38-28(4,26(33)35)14-23(32)34/h5-7,10-13,16,22,24-25H,8-9,14-15H2,1-4H3,(H2,32,34)/t22-,24?,25-,28+/m1/s1. The van der Waals surface area contributed by atoms with Crippen LogP contribution in [-0.2, 0) is 24.2 Å². The van der Waals surface area contributed by atoms with Gasteiger partial charge in [-0.1, -0.05) is 41.4 Å². The van der Waals surface area contributed by atoms with Crippen LogP contribution in [0.4, 0.5) is 4.39 Å². The zero-order chi connectivity index (χ0) is 28.9. The molecule has 1 aliphatic carbocycles. The Morgan fingerprint density at radius 1 is 1.18 bits per heavy atom. The molecule has 2 fully saturated rings. The number of morpholine rings is 1. The normalized spacial score (nSPS) is 25.0. The lowest BCUT2D eigenvalue weighted by Crippen LogP contribution is -2.62. The number of amides is 2. The first-order valence-corrected chi connectivity index (χ1v) is 15.2. The minimum absolute atomic E-state index is 0.0957. The molecule has 2 amide bonds. The van der Waals surface area contributed by atoms with Crippen molar-refractivity contribution in [2.75, 3.05) is 5.75 Å². The van der Waals surface area contributed by atoms with Crippen molar-refractivity contribution in [1.29, 1.82) is 0 Å². The molecule has 2 aromatic rings. The first kappa shape index (κ1) is 29.8. The fourth-order valence-electron chi connectivity index (χ4n) is 5.11. The van der Waals surface area contributed by atoms with Crippen molar-refractivity contribution in [3.8, 4) is 0 Å². The minimum atomic E-state index is -3.69. The Morgan fingerprint density at radius 2 is 1.85 bits per heavy atom. The molecule has 1 saturated heterocycles. The van der Waals surface area contributed by atoms with E-state index in [0.717, 1.165) is 12.8 Å². The molecule has 212 valence electrons. The third kappa shape index (κ3) is 6.11. The van der Waals surface area contributed by atoms with Crippen LogP contribution >= 0.6 is 23.2 Å². The molecule has 7 nitrogen and oxygen atoms in total. The molecule has 4 atom stereocenters. The summed E-state index contributed by atoms with van der Waals surface area (Å²) in [6.45, 7) is 6.33. The number of ether oxygens (including phenoxy) is 1. The molecule has 2 aromatic carbocycles. The summed E-state index contributed by atoms with van der Waals surface area (Å²) < 4.78 is 47.1. The third-order valence-electron chi connectivity index (χ3n) is 7.48. The first-order valence-electron chi connectivity index (χ1n) is 12.8. The minimum Gasteiger partial charge on any atom is -0.370 e. The number of halogens is 3. The van der Waals surface area contributed by atoms with E-state index in [-0.39, 0.29) is 16.7 Å². The predicted octanol–water partition coefficient (Wildman–Crippen LogP) is 5.40. The van der Waals surface area contributed by atoms with E-state index in [2.05, 4.69) is 0 Å². The summed E-state index contributed by atoms with van der Waals surface area (Å²) in [5, 5.41) is 0.312. The van der Waals surface area contributed by atoms with Gasteiger partial charge >= 0.3 is 0 Å². The molecule has 0 radical (unpaired) electrons. The van der Waals surface area contributed by atoms with Crippen molar-refractivity contribution in [2.24, 2.45) is 11.7 Å². The van der Waals surface area contributed by atoms with Crippen molar-refractivity contribution < 1.29 is 27.1 Å². The highest BCUT2D eigenvalue weighted by atomic mass is 35.5. The predicted molar refractivity (Wildman–Crippen MR) is 149 cm³/mol. The van der Waals surface area contributed by atoms with Gasteiger partial charge in [0.25, 0.3) is 5.91 Å². The van der Waals surface area contributed by atoms with Gasteiger partial charge in [0.1, 0.15) is 11.9 Å². The lowest BCUT2D eigenvalue weighted by Gasteiger charge is -2.52. The Kier molecular flexibility index (Phi) is 8.13. The monoisotopic (exact) mass is 598 g/mol. The molecule has 11 heteroatoms. The van der Waals surface area contributed by atoms with Gasteiger partial charge < -0.3 is 15.4 Å². The summed E-state index contributed by atoms with van der Waals surface area (Å²) in [6.07, 6.45) is 0.102. The molecule has 39 heavy (non-hydrogen) atoms. The molecule has 2 aliphatic rings. The maximum absolute atomic E-state index is 14.8. The number of primary amides is 1. The smallest absolute Gasteiger partial charge is 0.256 e. The van der Waals surface area contributed by atoms with Crippen molar-refractivity contribution in [3.05, 3.63) is 69.5 Å². The number of carbonyl (C=O) groups is 2. The Balaban J connectivity index is 1.97. The summed E-state index contributed by atoms with van der Waals surface area (Å²) >= 11 is 12.3. The van der Waals surface area contributed by atoms with E-state index in [1.807, 2.05) is 0 Å². The molecule has 0 bridgehead atoms. The van der Waals surface area contributed by atoms with E-state index in [1.165, 1.54) is 24.0 Å². The molecule has 1 aliphatic heterocycles. The van der Waals surface area contributed by atoms with Crippen molar-refractivity contribution in [3.63, 3.8) is 0 Å². The number of sulfone groups is 1. The zero-order valence-corrected chi connectivity index (χ0v) is 24.6. The number of carbonyl (C=O) groups excluding carboxylic acids is 2. The molecule has 0 spiro atoms. The Labute approximate surface area is 238 Å².